The van der Waals surface area contributed by atoms with Crippen LogP contribution in [0, 0.1) is 11.6 Å². The van der Waals surface area contributed by atoms with Gasteiger partial charge in [-0.25, -0.2) is 18.6 Å². The predicted octanol–water partition coefficient (Wildman–Crippen LogP) is 20.8. The van der Waals surface area contributed by atoms with E-state index in [1.54, 1.807) is 149 Å². The number of alkyl halides is 9. The topological polar surface area (TPSA) is 316 Å². The normalized spacial score (nSPS) is 23.5. The number of esters is 1. The number of carbonyl (C=O) groups excluding carboxylic acids is 7. The number of nitrogens with zero attached hydrogens (tertiary/aromatic N) is 7. The summed E-state index contributed by atoms with van der Waals surface area (Å²) in [4.78, 5) is 113. The Morgan fingerprint density at radius 2 is 0.789 bits per heavy atom. The molecule has 0 spiro atoms. The number of benzene rings is 7. The van der Waals surface area contributed by atoms with Gasteiger partial charge in [0.2, 0.25) is 23.6 Å². The van der Waals surface area contributed by atoms with Gasteiger partial charge >= 0.3 is 24.5 Å². The summed E-state index contributed by atoms with van der Waals surface area (Å²) in [7, 11) is 5.86. The maximum Gasteiger partial charge on any atom is 0.412 e. The summed E-state index contributed by atoms with van der Waals surface area (Å²) < 4.78 is 157. The standard InChI is InChI=1S/C20H19FN2O3S.C17H16FN3O2S.2C14H15F3N2O2S.C13H12BrF3N2OS.C12H13BrN2OS/c1-12(13-6-10-16(21)11-7-13)22-19-23-18(25)20(2,27-19)15-8-4-14(5-9-15)17(24)26-3;1-10(12-5-3-4-6-13(12)18)20-17-21-16(22)15(24-17)11-7-8-19-14(9-11)23-2;2*1-8(9-6-4-5-7-10(9)21-3)18-12-19-11(20)13(2,22-12)14(15,16)17;1-7(8-5-3-4-6-9(8)14)18-11-19-10(20)12(2,21-11)13(15,16)17;1-7(9-5-3-4-6-10(9)13)14-12-15-11(16)8(2)17-12/h4-12H,1-3H3,(H,22,23,25);3-10,15H,1-2H3,(H,20,21,22);2*4-8H,1-3H3,(H,18,19,20);3-7H,1-2H3,(H,18,19,20);3-8H,1-2H3,(H,14,15,16)/t12-,20?;10-,15?;8-,13+;8-,13-;7-,12?;7-,8?/m000000/s1. The predicted molar refractivity (Wildman–Crippen MR) is 508 cm³/mol. The van der Waals surface area contributed by atoms with Crippen LogP contribution in [0.15, 0.2) is 227 Å². The molecule has 1 aromatic heterocycles. The molecule has 6 saturated heterocycles. The fourth-order valence-electron chi connectivity index (χ4n) is 12.5. The van der Waals surface area contributed by atoms with Crippen LogP contribution in [0.2, 0.25) is 0 Å². The number of hydrogen-bond acceptors (Lipinski definition) is 24. The molecule has 6 N–H and O–H groups in total. The average Bonchev–Trinajstić information content (AvgIpc) is 1.64. The summed E-state index contributed by atoms with van der Waals surface area (Å²) in [6.45, 7) is 17.1. The zero-order valence-corrected chi connectivity index (χ0v) is 81.6. The van der Waals surface area contributed by atoms with Gasteiger partial charge in [-0.2, -0.15) is 39.5 Å². The molecule has 708 valence electrons. The molecule has 6 aliphatic heterocycles. The number of carbonyl (C=O) groups is 7. The van der Waals surface area contributed by atoms with Crippen LogP contribution in [-0.4, -0.2) is 144 Å². The Labute approximate surface area is 801 Å². The third kappa shape index (κ3) is 26.7. The molecular weight excluding hydrogens is 2000 g/mol. The number of thioether (sulfide) groups is 6. The second kappa shape index (κ2) is 45.8. The second-order valence-corrected chi connectivity index (χ2v) is 39.8. The van der Waals surface area contributed by atoms with Crippen molar-refractivity contribution in [1.82, 2.24) is 36.9 Å². The molecule has 7 aromatic carbocycles. The zero-order chi connectivity index (χ0) is 98.0. The van der Waals surface area contributed by atoms with E-state index in [2.05, 4.69) is 98.7 Å². The van der Waals surface area contributed by atoms with Crippen molar-refractivity contribution in [2.45, 2.75) is 160 Å². The molecule has 4 unspecified atom stereocenters. The number of nitrogens with one attached hydrogen (secondary N) is 6. The van der Waals surface area contributed by atoms with E-state index in [0.717, 1.165) is 68.7 Å². The molecule has 6 fully saturated rings. The Kier molecular flexibility index (Phi) is 36.6. The molecule has 133 heavy (non-hydrogen) atoms. The molecule has 0 radical (unpaired) electrons. The monoisotopic (exact) mass is 2090 g/mol. The van der Waals surface area contributed by atoms with E-state index in [1.165, 1.54) is 81.9 Å². The highest BCUT2D eigenvalue weighted by Gasteiger charge is 2.64. The highest BCUT2D eigenvalue weighted by Crippen LogP contribution is 2.50. The lowest BCUT2D eigenvalue weighted by Crippen LogP contribution is -2.46. The van der Waals surface area contributed by atoms with Crippen LogP contribution < -0.4 is 46.1 Å². The number of rotatable bonds is 18. The third-order valence-electron chi connectivity index (χ3n) is 20.6. The first-order valence-corrected chi connectivity index (χ1v) is 46.7. The summed E-state index contributed by atoms with van der Waals surface area (Å²) in [5.41, 5.74) is 6.73. The van der Waals surface area contributed by atoms with Crippen molar-refractivity contribution < 1.29 is 101 Å². The Morgan fingerprint density at radius 3 is 1.19 bits per heavy atom. The van der Waals surface area contributed by atoms with E-state index in [9.17, 15) is 81.9 Å². The highest BCUT2D eigenvalue weighted by atomic mass is 79.9. The fraction of sp³-hybridized carbons (Fsp3) is 0.333. The molecule has 7 heterocycles. The third-order valence-corrected chi connectivity index (χ3v) is 29.1. The van der Waals surface area contributed by atoms with E-state index in [0.29, 0.717) is 79.3 Å². The Morgan fingerprint density at radius 1 is 0.421 bits per heavy atom. The number of aromatic nitrogens is 1. The van der Waals surface area contributed by atoms with Crippen molar-refractivity contribution in [3.05, 3.63) is 259 Å². The number of ether oxygens (including phenoxy) is 4. The second-order valence-electron chi connectivity index (χ2n) is 30.0. The SMILES string of the molecule is CC1SC(=N[C@@H](C)c2ccccc2Br)NC1=O.COC(=O)c1ccc(C2(C)SC(=N[C@@H](C)c3ccc(F)cc3)NC2=O)cc1.COc1cc(C2SC(=N[C@@H](C)c3ccccc3F)NC2=O)ccn1.COc1ccccc1[C@H](C)N=C1NC(=O)[C@@](C)(C(F)(F)F)S1.COc1ccccc1[C@H](C)N=C1NC(=O)[C@](C)(C(F)(F)F)S1.C[C@H](N=C1NC(=O)C(C)(C(F)(F)F)S1)c1ccccc1Br. The summed E-state index contributed by atoms with van der Waals surface area (Å²) in [6, 6.07) is 50.5. The van der Waals surface area contributed by atoms with E-state index in [1.807, 2.05) is 76.2 Å². The molecule has 6 amide bonds. The van der Waals surface area contributed by atoms with E-state index < -0.39 is 78.5 Å². The molecule has 0 saturated carbocycles. The van der Waals surface area contributed by atoms with Gasteiger partial charge in [0, 0.05) is 37.9 Å². The minimum absolute atomic E-state index is 0.0110. The number of hydrogen-bond donors (Lipinski definition) is 6. The summed E-state index contributed by atoms with van der Waals surface area (Å²) in [5.74, 6) is -2.99. The van der Waals surface area contributed by atoms with Gasteiger partial charge in [0.1, 0.15) is 33.1 Å². The van der Waals surface area contributed by atoms with Gasteiger partial charge < -0.3 is 50.8 Å². The van der Waals surface area contributed by atoms with Gasteiger partial charge in [-0.15, -0.1) is 0 Å². The van der Waals surface area contributed by atoms with Crippen molar-refractivity contribution in [1.29, 1.82) is 0 Å². The molecule has 0 aliphatic carbocycles. The lowest BCUT2D eigenvalue weighted by molar-refractivity contribution is -0.167. The Balaban J connectivity index is 0.000000180. The maximum atomic E-state index is 13.8. The molecule has 24 nitrogen and oxygen atoms in total. The van der Waals surface area contributed by atoms with E-state index in [4.69, 9.17) is 18.9 Å². The van der Waals surface area contributed by atoms with Gasteiger partial charge in [-0.1, -0.05) is 218 Å². The van der Waals surface area contributed by atoms with Crippen LogP contribution in [0.25, 0.3) is 0 Å². The molecule has 14 rings (SSSR count). The highest BCUT2D eigenvalue weighted by molar-refractivity contribution is 9.10. The average molecular weight is 2090 g/mol. The molecule has 43 heteroatoms. The minimum Gasteiger partial charge on any atom is -0.496 e. The van der Waals surface area contributed by atoms with Crippen molar-refractivity contribution in [3.63, 3.8) is 0 Å². The van der Waals surface area contributed by atoms with Gasteiger partial charge in [-0.05, 0) is 165 Å². The Bertz CT molecular complexity index is 5690. The first kappa shape index (κ1) is 106. The van der Waals surface area contributed by atoms with Gasteiger partial charge in [0.15, 0.2) is 45.2 Å². The number of aliphatic imine (C=N–C) groups is 6. The van der Waals surface area contributed by atoms with Gasteiger partial charge in [0.25, 0.3) is 17.7 Å². The van der Waals surface area contributed by atoms with E-state index >= 15 is 0 Å². The van der Waals surface area contributed by atoms with Crippen LogP contribution in [0.3, 0.4) is 0 Å². The van der Waals surface area contributed by atoms with Crippen LogP contribution in [0.4, 0.5) is 48.3 Å². The van der Waals surface area contributed by atoms with Crippen LogP contribution >= 0.6 is 102 Å². The van der Waals surface area contributed by atoms with Crippen molar-refractivity contribution >= 4 is 175 Å². The molecule has 0 bridgehead atoms. The van der Waals surface area contributed by atoms with Crippen LogP contribution in [-0.2, 0) is 38.3 Å². The largest absolute Gasteiger partial charge is 0.496 e. The van der Waals surface area contributed by atoms with Crippen LogP contribution in [0.5, 0.6) is 17.4 Å². The summed E-state index contributed by atoms with van der Waals surface area (Å²) in [5, 5.41) is 16.1. The lowest BCUT2D eigenvalue weighted by Gasteiger charge is -2.21. The molecule has 12 atom stereocenters. The summed E-state index contributed by atoms with van der Waals surface area (Å²) in [6.07, 6.45) is -12.3. The number of halogens is 13. The lowest BCUT2D eigenvalue weighted by atomic mass is 9.98. The summed E-state index contributed by atoms with van der Waals surface area (Å²) >= 11 is 12.2. The first-order chi connectivity index (χ1) is 62.5. The smallest absolute Gasteiger partial charge is 0.412 e. The van der Waals surface area contributed by atoms with Crippen molar-refractivity contribution in [2.24, 2.45) is 30.0 Å². The molecule has 8 aromatic rings. The molecule has 6 aliphatic rings. The Hall–Kier alpha value is -10.3. The zero-order valence-electron chi connectivity index (χ0n) is 73.5. The first-order valence-electron chi connectivity index (χ1n) is 40.1. The number of pyridine rings is 1. The number of methoxy groups -OCH3 is 4. The minimum atomic E-state index is -4.65. The number of amides is 6. The van der Waals surface area contributed by atoms with E-state index in [-0.39, 0.29) is 74.3 Å². The van der Waals surface area contributed by atoms with Crippen LogP contribution in [0.1, 0.15) is 173 Å². The van der Waals surface area contributed by atoms with Crippen molar-refractivity contribution in [2.75, 3.05) is 28.4 Å². The maximum absolute atomic E-state index is 13.8. The fourth-order valence-corrected chi connectivity index (χ4v) is 19.8. The van der Waals surface area contributed by atoms with Crippen molar-refractivity contribution in [3.8, 4) is 17.4 Å². The number of para-hydroxylation sites is 2. The number of amidine groups is 6. The van der Waals surface area contributed by atoms with Gasteiger partial charge in [-0.3, -0.25) is 58.7 Å². The quantitative estimate of drug-likeness (QED) is 0.0343. The van der Waals surface area contributed by atoms with Gasteiger partial charge in [0.05, 0.1) is 75.5 Å². The molecular formula is C90H90Br2F11N13O11S6.